The molecule has 0 heterocycles. The molecule has 2 rings (SSSR count). The van der Waals surface area contributed by atoms with Gasteiger partial charge in [-0.2, -0.15) is 0 Å². The van der Waals surface area contributed by atoms with Gasteiger partial charge in [-0.25, -0.2) is 4.39 Å². The minimum atomic E-state index is -0.592. The number of ether oxygens (including phenoxy) is 1. The molecule has 1 unspecified atom stereocenters. The minimum absolute atomic E-state index is 0.236. The average molecular weight is 289 g/mol. The Morgan fingerprint density at radius 2 is 1.95 bits per heavy atom. The predicted octanol–water partition coefficient (Wildman–Crippen LogP) is 2.66. The van der Waals surface area contributed by atoms with Crippen molar-refractivity contribution in [3.8, 4) is 5.75 Å². The molecule has 0 saturated carbocycles. The van der Waals surface area contributed by atoms with Crippen molar-refractivity contribution in [3.63, 3.8) is 0 Å². The maximum Gasteiger partial charge on any atom is 0.123 e. The van der Waals surface area contributed by atoms with E-state index in [1.165, 1.54) is 12.1 Å². The van der Waals surface area contributed by atoms with E-state index in [4.69, 9.17) is 4.74 Å². The van der Waals surface area contributed by atoms with Crippen molar-refractivity contribution in [2.24, 2.45) is 0 Å². The number of hydrogen-bond acceptors (Lipinski definition) is 3. The fraction of sp³-hybridized carbons (Fsp3) is 0.294. The lowest BCUT2D eigenvalue weighted by Crippen LogP contribution is -2.31. The molecule has 2 N–H and O–H groups in total. The van der Waals surface area contributed by atoms with Crippen LogP contribution < -0.4 is 10.1 Å². The van der Waals surface area contributed by atoms with Gasteiger partial charge in [0.05, 0.1) is 0 Å². The van der Waals surface area contributed by atoms with E-state index < -0.39 is 6.10 Å². The molecule has 3 nitrogen and oxygen atoms in total. The number of benzene rings is 2. The highest BCUT2D eigenvalue weighted by Gasteiger charge is 2.05. The number of aliphatic hydroxyl groups excluding tert-OH is 1. The van der Waals surface area contributed by atoms with Crippen LogP contribution in [0.3, 0.4) is 0 Å². The van der Waals surface area contributed by atoms with E-state index in [2.05, 4.69) is 5.32 Å². The van der Waals surface area contributed by atoms with Gasteiger partial charge in [-0.1, -0.05) is 24.3 Å². The van der Waals surface area contributed by atoms with Crippen LogP contribution in [0.5, 0.6) is 5.75 Å². The fourth-order valence-corrected chi connectivity index (χ4v) is 1.94. The van der Waals surface area contributed by atoms with E-state index in [1.54, 1.807) is 12.1 Å². The molecule has 0 bridgehead atoms. The molecule has 2 aromatic rings. The molecule has 2 aromatic carbocycles. The maximum atomic E-state index is 12.8. The van der Waals surface area contributed by atoms with E-state index in [0.717, 1.165) is 16.9 Å². The summed E-state index contributed by atoms with van der Waals surface area (Å²) in [6, 6.07) is 14.0. The zero-order chi connectivity index (χ0) is 15.1. The topological polar surface area (TPSA) is 41.5 Å². The lowest BCUT2D eigenvalue weighted by Gasteiger charge is -2.13. The van der Waals surface area contributed by atoms with Crippen LogP contribution in [0.1, 0.15) is 11.1 Å². The Balaban J connectivity index is 1.67. The molecule has 1 atom stereocenters. The summed E-state index contributed by atoms with van der Waals surface area (Å²) in [6.45, 7) is 3.23. The molecule has 0 aromatic heterocycles. The van der Waals surface area contributed by atoms with Gasteiger partial charge in [-0.15, -0.1) is 0 Å². The van der Waals surface area contributed by atoms with E-state index in [-0.39, 0.29) is 12.4 Å². The van der Waals surface area contributed by atoms with Crippen LogP contribution in [0.25, 0.3) is 0 Å². The number of hydrogen-bond donors (Lipinski definition) is 2. The van der Waals surface area contributed by atoms with Crippen molar-refractivity contribution in [2.75, 3.05) is 13.2 Å². The third-order valence-corrected chi connectivity index (χ3v) is 3.05. The van der Waals surface area contributed by atoms with Crippen molar-refractivity contribution < 1.29 is 14.2 Å². The molecule has 0 aliphatic rings. The van der Waals surface area contributed by atoms with E-state index in [1.807, 2.05) is 31.2 Å². The first-order valence-corrected chi connectivity index (χ1v) is 6.96. The number of aryl methyl sites for hydroxylation is 1. The Kier molecular flexibility index (Phi) is 5.72. The highest BCUT2D eigenvalue weighted by Crippen LogP contribution is 2.12. The maximum absolute atomic E-state index is 12.8. The van der Waals surface area contributed by atoms with Gasteiger partial charge in [0.1, 0.15) is 24.3 Å². The van der Waals surface area contributed by atoms with Crippen molar-refractivity contribution in [1.82, 2.24) is 5.32 Å². The van der Waals surface area contributed by atoms with Gasteiger partial charge in [0.15, 0.2) is 0 Å². The third-order valence-electron chi connectivity index (χ3n) is 3.05. The summed E-state index contributed by atoms with van der Waals surface area (Å²) < 4.78 is 18.3. The number of aliphatic hydroxyl groups is 1. The molecule has 0 radical (unpaired) electrons. The molecular weight excluding hydrogens is 269 g/mol. The van der Waals surface area contributed by atoms with Crippen molar-refractivity contribution in [2.45, 2.75) is 19.6 Å². The molecule has 0 amide bonds. The van der Waals surface area contributed by atoms with Crippen molar-refractivity contribution in [3.05, 3.63) is 65.5 Å². The summed E-state index contributed by atoms with van der Waals surface area (Å²) in [5.74, 6) is 0.512. The van der Waals surface area contributed by atoms with Crippen LogP contribution in [-0.2, 0) is 6.54 Å². The van der Waals surface area contributed by atoms with Gasteiger partial charge in [-0.05, 0) is 42.3 Å². The van der Waals surface area contributed by atoms with Crippen molar-refractivity contribution in [1.29, 1.82) is 0 Å². The van der Waals surface area contributed by atoms with Crippen LogP contribution >= 0.6 is 0 Å². The number of nitrogens with one attached hydrogen (secondary N) is 1. The zero-order valence-electron chi connectivity index (χ0n) is 12.1. The number of halogens is 1. The summed E-state index contributed by atoms with van der Waals surface area (Å²) in [7, 11) is 0. The Labute approximate surface area is 124 Å². The molecule has 0 saturated heterocycles. The first kappa shape index (κ1) is 15.5. The standard InChI is InChI=1S/C17H20FNO2/c1-13-3-2-4-17(9-13)21-12-16(20)11-19-10-14-5-7-15(18)8-6-14/h2-9,16,19-20H,10-12H2,1H3. The molecule has 0 spiro atoms. The summed E-state index contributed by atoms with van der Waals surface area (Å²) in [4.78, 5) is 0. The predicted molar refractivity (Wildman–Crippen MR) is 80.8 cm³/mol. The second-order valence-corrected chi connectivity index (χ2v) is 5.04. The lowest BCUT2D eigenvalue weighted by atomic mass is 10.2. The van der Waals surface area contributed by atoms with E-state index in [9.17, 15) is 9.50 Å². The van der Waals surface area contributed by atoms with Crippen LogP contribution in [0.2, 0.25) is 0 Å². The molecule has 0 aliphatic heterocycles. The summed E-state index contributed by atoms with van der Waals surface area (Å²) in [5, 5.41) is 13.0. The molecule has 0 fully saturated rings. The van der Waals surface area contributed by atoms with Crippen LogP contribution in [0.4, 0.5) is 4.39 Å². The summed E-state index contributed by atoms with van der Waals surface area (Å²) in [6.07, 6.45) is -0.592. The van der Waals surface area contributed by atoms with E-state index in [0.29, 0.717) is 13.1 Å². The van der Waals surface area contributed by atoms with Gasteiger partial charge in [-0.3, -0.25) is 0 Å². The van der Waals surface area contributed by atoms with Gasteiger partial charge >= 0.3 is 0 Å². The van der Waals surface area contributed by atoms with Crippen LogP contribution in [0.15, 0.2) is 48.5 Å². The SMILES string of the molecule is Cc1cccc(OCC(O)CNCc2ccc(F)cc2)c1. The summed E-state index contributed by atoms with van der Waals surface area (Å²) >= 11 is 0. The minimum Gasteiger partial charge on any atom is -0.491 e. The normalized spacial score (nSPS) is 12.1. The third kappa shape index (κ3) is 5.53. The van der Waals surface area contributed by atoms with Crippen LogP contribution in [-0.4, -0.2) is 24.4 Å². The van der Waals surface area contributed by atoms with Gasteiger partial charge in [0.2, 0.25) is 0 Å². The van der Waals surface area contributed by atoms with Gasteiger partial charge in [0, 0.05) is 13.1 Å². The van der Waals surface area contributed by atoms with Crippen molar-refractivity contribution >= 4 is 0 Å². The van der Waals surface area contributed by atoms with E-state index >= 15 is 0 Å². The molecule has 112 valence electrons. The Morgan fingerprint density at radius 3 is 2.67 bits per heavy atom. The highest BCUT2D eigenvalue weighted by molar-refractivity contribution is 5.27. The second-order valence-electron chi connectivity index (χ2n) is 5.04. The molecule has 21 heavy (non-hydrogen) atoms. The second kappa shape index (κ2) is 7.76. The molecule has 0 aliphatic carbocycles. The fourth-order valence-electron chi connectivity index (χ4n) is 1.94. The Hall–Kier alpha value is -1.91. The zero-order valence-corrected chi connectivity index (χ0v) is 12.1. The largest absolute Gasteiger partial charge is 0.491 e. The smallest absolute Gasteiger partial charge is 0.123 e. The Bertz CT molecular complexity index is 557. The van der Waals surface area contributed by atoms with Gasteiger partial charge < -0.3 is 15.2 Å². The quantitative estimate of drug-likeness (QED) is 0.823. The molecular formula is C17H20FNO2. The number of rotatable bonds is 7. The first-order valence-electron chi connectivity index (χ1n) is 6.96. The lowest BCUT2D eigenvalue weighted by molar-refractivity contribution is 0.106. The Morgan fingerprint density at radius 1 is 1.19 bits per heavy atom. The summed E-state index contributed by atoms with van der Waals surface area (Å²) in [5.41, 5.74) is 2.10. The first-order chi connectivity index (χ1) is 10.1. The monoisotopic (exact) mass is 289 g/mol. The average Bonchev–Trinajstić information content (AvgIpc) is 2.47. The van der Waals surface area contributed by atoms with Gasteiger partial charge in [0.25, 0.3) is 0 Å². The van der Waals surface area contributed by atoms with Crippen LogP contribution in [0, 0.1) is 12.7 Å². The molecule has 4 heteroatoms. The highest BCUT2D eigenvalue weighted by atomic mass is 19.1.